The second kappa shape index (κ2) is 7.07. The molecule has 2 fully saturated rings. The van der Waals surface area contributed by atoms with Crippen molar-refractivity contribution in [1.29, 1.82) is 0 Å². The van der Waals surface area contributed by atoms with Crippen molar-refractivity contribution in [1.82, 2.24) is 9.80 Å². The monoisotopic (exact) mass is 282 g/mol. The van der Waals surface area contributed by atoms with Gasteiger partial charge in [0.2, 0.25) is 11.8 Å². The predicted molar refractivity (Wildman–Crippen MR) is 76.0 cm³/mol. The topological polar surface area (TPSA) is 60.9 Å². The van der Waals surface area contributed by atoms with Crippen molar-refractivity contribution < 1.29 is 14.7 Å². The van der Waals surface area contributed by atoms with Crippen LogP contribution in [0.2, 0.25) is 0 Å². The molecule has 0 aromatic heterocycles. The van der Waals surface area contributed by atoms with Crippen molar-refractivity contribution in [3.63, 3.8) is 0 Å². The van der Waals surface area contributed by atoms with Gasteiger partial charge >= 0.3 is 0 Å². The van der Waals surface area contributed by atoms with E-state index < -0.39 is 0 Å². The van der Waals surface area contributed by atoms with Crippen LogP contribution in [0.4, 0.5) is 0 Å². The van der Waals surface area contributed by atoms with E-state index in [0.29, 0.717) is 12.5 Å². The van der Waals surface area contributed by atoms with Gasteiger partial charge in [-0.1, -0.05) is 0 Å². The molecule has 0 aliphatic carbocycles. The summed E-state index contributed by atoms with van der Waals surface area (Å²) in [7, 11) is 0. The number of amides is 2. The van der Waals surface area contributed by atoms with Crippen LogP contribution in [0.3, 0.4) is 0 Å². The van der Waals surface area contributed by atoms with E-state index in [2.05, 4.69) is 0 Å². The number of hydrogen-bond acceptors (Lipinski definition) is 3. The summed E-state index contributed by atoms with van der Waals surface area (Å²) in [6.07, 6.45) is 4.73. The second-order valence-corrected chi connectivity index (χ2v) is 6.11. The molecule has 1 N–H and O–H groups in total. The Balaban J connectivity index is 1.91. The molecular weight excluding hydrogens is 256 g/mol. The molecule has 0 spiro atoms. The molecule has 114 valence electrons. The van der Waals surface area contributed by atoms with Crippen LogP contribution < -0.4 is 0 Å². The molecule has 2 aliphatic heterocycles. The summed E-state index contributed by atoms with van der Waals surface area (Å²) >= 11 is 0. The van der Waals surface area contributed by atoms with Gasteiger partial charge in [0.05, 0.1) is 5.92 Å². The average Bonchev–Trinajstić information content (AvgIpc) is 2.47. The van der Waals surface area contributed by atoms with Crippen molar-refractivity contribution in [3.8, 4) is 0 Å². The van der Waals surface area contributed by atoms with Crippen molar-refractivity contribution in [2.24, 2.45) is 11.8 Å². The molecule has 20 heavy (non-hydrogen) atoms. The van der Waals surface area contributed by atoms with Crippen molar-refractivity contribution in [3.05, 3.63) is 0 Å². The minimum absolute atomic E-state index is 0.0273. The number of carbonyl (C=O) groups excluding carboxylic acids is 2. The highest BCUT2D eigenvalue weighted by atomic mass is 16.3. The minimum Gasteiger partial charge on any atom is -0.396 e. The van der Waals surface area contributed by atoms with E-state index in [0.717, 1.165) is 51.7 Å². The van der Waals surface area contributed by atoms with E-state index in [9.17, 15) is 9.59 Å². The van der Waals surface area contributed by atoms with Gasteiger partial charge in [0.15, 0.2) is 0 Å². The molecule has 2 saturated heterocycles. The van der Waals surface area contributed by atoms with Gasteiger partial charge in [0, 0.05) is 39.7 Å². The lowest BCUT2D eigenvalue weighted by molar-refractivity contribution is -0.141. The molecule has 2 aliphatic rings. The summed E-state index contributed by atoms with van der Waals surface area (Å²) in [5, 5.41) is 9.04. The maximum Gasteiger partial charge on any atom is 0.227 e. The summed E-state index contributed by atoms with van der Waals surface area (Å²) in [5.74, 6) is 0.684. The zero-order valence-electron chi connectivity index (χ0n) is 12.4. The van der Waals surface area contributed by atoms with E-state index in [1.165, 1.54) is 0 Å². The Kier molecular flexibility index (Phi) is 5.40. The number of likely N-dealkylation sites (tertiary alicyclic amines) is 2. The van der Waals surface area contributed by atoms with Gasteiger partial charge in [-0.15, -0.1) is 0 Å². The first-order chi connectivity index (χ1) is 9.61. The van der Waals surface area contributed by atoms with Crippen LogP contribution in [-0.2, 0) is 9.59 Å². The molecule has 0 radical (unpaired) electrons. The lowest BCUT2D eigenvalue weighted by Crippen LogP contribution is -2.48. The Morgan fingerprint density at radius 1 is 1.10 bits per heavy atom. The van der Waals surface area contributed by atoms with Crippen LogP contribution in [0.25, 0.3) is 0 Å². The van der Waals surface area contributed by atoms with Gasteiger partial charge in [0.1, 0.15) is 0 Å². The molecule has 0 saturated carbocycles. The van der Waals surface area contributed by atoms with Crippen molar-refractivity contribution >= 4 is 11.8 Å². The highest BCUT2D eigenvalue weighted by Crippen LogP contribution is 2.24. The molecule has 0 aromatic rings. The van der Waals surface area contributed by atoms with Gasteiger partial charge in [-0.05, 0) is 38.0 Å². The van der Waals surface area contributed by atoms with Gasteiger partial charge in [0.25, 0.3) is 0 Å². The van der Waals surface area contributed by atoms with Gasteiger partial charge < -0.3 is 14.9 Å². The number of hydrogen-bond donors (Lipinski definition) is 1. The first kappa shape index (κ1) is 15.3. The Bertz CT molecular complexity index is 357. The van der Waals surface area contributed by atoms with Crippen molar-refractivity contribution in [2.75, 3.05) is 32.8 Å². The molecule has 0 aromatic carbocycles. The summed E-state index contributed by atoms with van der Waals surface area (Å²) in [4.78, 5) is 27.8. The molecule has 2 rings (SSSR count). The third-order valence-electron chi connectivity index (χ3n) is 4.58. The van der Waals surface area contributed by atoms with E-state index in [-0.39, 0.29) is 24.3 Å². The molecule has 0 bridgehead atoms. The van der Waals surface area contributed by atoms with E-state index >= 15 is 0 Å². The number of nitrogens with zero attached hydrogens (tertiary/aromatic N) is 2. The fraction of sp³-hybridized carbons (Fsp3) is 0.867. The van der Waals surface area contributed by atoms with Crippen LogP contribution in [0.15, 0.2) is 0 Å². The SMILES string of the molecule is CC(=O)N1CCCC(C(=O)N2CCCC(CCO)C2)C1. The lowest BCUT2D eigenvalue weighted by Gasteiger charge is -2.38. The van der Waals surface area contributed by atoms with Gasteiger partial charge in [-0.2, -0.15) is 0 Å². The summed E-state index contributed by atoms with van der Waals surface area (Å²) < 4.78 is 0. The second-order valence-electron chi connectivity index (χ2n) is 6.11. The summed E-state index contributed by atoms with van der Waals surface area (Å²) in [5.41, 5.74) is 0. The largest absolute Gasteiger partial charge is 0.396 e. The van der Waals surface area contributed by atoms with Crippen molar-refractivity contribution in [2.45, 2.75) is 39.0 Å². The fourth-order valence-corrected chi connectivity index (χ4v) is 3.41. The third-order valence-corrected chi connectivity index (χ3v) is 4.58. The number of piperidine rings is 2. The first-order valence-electron chi connectivity index (χ1n) is 7.77. The smallest absolute Gasteiger partial charge is 0.227 e. The third kappa shape index (κ3) is 3.72. The van der Waals surface area contributed by atoms with E-state index in [1.807, 2.05) is 4.90 Å². The summed E-state index contributed by atoms with van der Waals surface area (Å²) in [6.45, 7) is 4.74. The number of aliphatic hydroxyl groups is 1. The average molecular weight is 282 g/mol. The molecule has 2 unspecified atom stereocenters. The Labute approximate surface area is 120 Å². The van der Waals surface area contributed by atoms with Crippen LogP contribution in [-0.4, -0.2) is 59.5 Å². The molecule has 5 nitrogen and oxygen atoms in total. The lowest BCUT2D eigenvalue weighted by atomic mass is 9.91. The standard InChI is InChI=1S/C15H26N2O3/c1-12(19)16-7-3-5-14(11-16)15(20)17-8-2-4-13(10-17)6-9-18/h13-14,18H,2-11H2,1H3. The maximum atomic E-state index is 12.6. The molecule has 2 heterocycles. The first-order valence-corrected chi connectivity index (χ1v) is 7.77. The van der Waals surface area contributed by atoms with Crippen LogP contribution >= 0.6 is 0 Å². The number of aliphatic hydroxyl groups excluding tert-OH is 1. The Morgan fingerprint density at radius 3 is 2.50 bits per heavy atom. The fourth-order valence-electron chi connectivity index (χ4n) is 3.41. The highest BCUT2D eigenvalue weighted by Gasteiger charge is 2.32. The maximum absolute atomic E-state index is 12.6. The van der Waals surface area contributed by atoms with E-state index in [4.69, 9.17) is 5.11 Å². The normalized spacial score (nSPS) is 27.5. The van der Waals surface area contributed by atoms with Crippen LogP contribution in [0.5, 0.6) is 0 Å². The Morgan fingerprint density at radius 2 is 1.80 bits per heavy atom. The molecule has 5 heteroatoms. The number of carbonyl (C=O) groups is 2. The number of rotatable bonds is 3. The Hall–Kier alpha value is -1.10. The van der Waals surface area contributed by atoms with Gasteiger partial charge in [-0.25, -0.2) is 0 Å². The molecular formula is C15H26N2O3. The zero-order chi connectivity index (χ0) is 14.5. The molecule has 2 atom stereocenters. The summed E-state index contributed by atoms with van der Waals surface area (Å²) in [6, 6.07) is 0. The zero-order valence-corrected chi connectivity index (χ0v) is 12.4. The molecule has 2 amide bonds. The van der Waals surface area contributed by atoms with Crippen LogP contribution in [0, 0.1) is 11.8 Å². The van der Waals surface area contributed by atoms with Crippen LogP contribution in [0.1, 0.15) is 39.0 Å². The quantitative estimate of drug-likeness (QED) is 0.835. The van der Waals surface area contributed by atoms with E-state index in [1.54, 1.807) is 11.8 Å². The minimum atomic E-state index is -0.0273. The highest BCUT2D eigenvalue weighted by molar-refractivity contribution is 5.81. The predicted octanol–water partition coefficient (Wildman–Crippen LogP) is 0.866. The van der Waals surface area contributed by atoms with Gasteiger partial charge in [-0.3, -0.25) is 9.59 Å².